The van der Waals surface area contributed by atoms with Crippen LogP contribution in [-0.4, -0.2) is 11.1 Å². The minimum absolute atomic E-state index is 0.350. The van der Waals surface area contributed by atoms with E-state index in [4.69, 9.17) is 21.1 Å². The molecule has 1 aromatic heterocycles. The highest BCUT2D eigenvalue weighted by molar-refractivity contribution is 6.30. The molecule has 0 aliphatic heterocycles. The second-order valence-electron chi connectivity index (χ2n) is 4.51. The fourth-order valence-corrected chi connectivity index (χ4v) is 2.22. The van der Waals surface area contributed by atoms with E-state index in [-0.39, 0.29) is 5.56 Å². The summed E-state index contributed by atoms with van der Waals surface area (Å²) in [6.07, 6.45) is 0. The minimum Gasteiger partial charge on any atom is -0.477 e. The molecule has 0 bridgehead atoms. The molecule has 0 aliphatic carbocycles. The third-order valence-corrected chi connectivity index (χ3v) is 3.39. The predicted octanol–water partition coefficient (Wildman–Crippen LogP) is 3.81. The van der Waals surface area contributed by atoms with E-state index < -0.39 is 11.6 Å². The number of carboxylic acid groups (broad SMARTS) is 1. The molecule has 0 saturated carbocycles. The highest BCUT2D eigenvalue weighted by Crippen LogP contribution is 2.25. The van der Waals surface area contributed by atoms with Gasteiger partial charge < -0.3 is 9.52 Å². The van der Waals surface area contributed by atoms with E-state index in [2.05, 4.69) is 0 Å². The molecule has 0 atom stereocenters. The molecule has 21 heavy (non-hydrogen) atoms. The summed E-state index contributed by atoms with van der Waals surface area (Å²) >= 11 is 5.85. The van der Waals surface area contributed by atoms with Crippen molar-refractivity contribution in [2.24, 2.45) is 0 Å². The van der Waals surface area contributed by atoms with E-state index in [9.17, 15) is 9.59 Å². The Labute approximate surface area is 124 Å². The molecule has 0 radical (unpaired) electrons. The van der Waals surface area contributed by atoms with Gasteiger partial charge in [0.1, 0.15) is 11.1 Å². The van der Waals surface area contributed by atoms with Crippen molar-refractivity contribution in [1.82, 2.24) is 0 Å². The number of carbonyl (C=O) groups is 1. The average Bonchev–Trinajstić information content (AvgIpc) is 2.46. The molecule has 3 aromatic rings. The van der Waals surface area contributed by atoms with Gasteiger partial charge in [-0.05, 0) is 41.5 Å². The van der Waals surface area contributed by atoms with E-state index >= 15 is 0 Å². The smallest absolute Gasteiger partial charge is 0.351 e. The van der Waals surface area contributed by atoms with Crippen molar-refractivity contribution in [2.75, 3.05) is 0 Å². The van der Waals surface area contributed by atoms with Gasteiger partial charge in [0.2, 0.25) is 0 Å². The van der Waals surface area contributed by atoms with Gasteiger partial charge in [0.15, 0.2) is 0 Å². The third-order valence-electron chi connectivity index (χ3n) is 3.14. The number of hydrogen-bond acceptors (Lipinski definition) is 3. The molecule has 0 fully saturated rings. The molecule has 0 saturated heterocycles. The lowest BCUT2D eigenvalue weighted by atomic mass is 10.0. The van der Waals surface area contributed by atoms with E-state index in [1.165, 1.54) is 6.07 Å². The third kappa shape index (κ3) is 2.53. The molecule has 0 aliphatic rings. The van der Waals surface area contributed by atoms with Gasteiger partial charge in [-0.15, -0.1) is 0 Å². The highest BCUT2D eigenvalue weighted by atomic mass is 35.5. The Balaban J connectivity index is 2.19. The van der Waals surface area contributed by atoms with E-state index in [0.29, 0.717) is 16.0 Å². The lowest BCUT2D eigenvalue weighted by Crippen LogP contribution is -2.12. The standard InChI is InChI=1S/C16H9ClO4/c17-12-4-1-9(2-5-12)10-3-6-14-11(7-10)8-13(15(18)19)16(20)21-14/h1-8H,(H,18,19). The minimum atomic E-state index is -1.30. The van der Waals surface area contributed by atoms with Crippen molar-refractivity contribution < 1.29 is 14.3 Å². The maximum absolute atomic E-state index is 11.5. The summed E-state index contributed by atoms with van der Waals surface area (Å²) in [6.45, 7) is 0. The number of hydrogen-bond donors (Lipinski definition) is 1. The monoisotopic (exact) mass is 300 g/mol. The van der Waals surface area contributed by atoms with Crippen LogP contribution >= 0.6 is 11.6 Å². The molecule has 5 heteroatoms. The van der Waals surface area contributed by atoms with Gasteiger partial charge >= 0.3 is 11.6 Å². The fourth-order valence-electron chi connectivity index (χ4n) is 2.09. The maximum atomic E-state index is 11.5. The van der Waals surface area contributed by atoms with Gasteiger partial charge in [0, 0.05) is 10.4 Å². The average molecular weight is 301 g/mol. The van der Waals surface area contributed by atoms with Crippen molar-refractivity contribution in [2.45, 2.75) is 0 Å². The summed E-state index contributed by atoms with van der Waals surface area (Å²) in [5.41, 5.74) is 0.932. The van der Waals surface area contributed by atoms with Crippen molar-refractivity contribution in [3.05, 3.63) is 69.5 Å². The zero-order chi connectivity index (χ0) is 15.0. The molecule has 0 amide bonds. The normalized spacial score (nSPS) is 10.7. The Kier molecular flexibility index (Phi) is 3.23. The van der Waals surface area contributed by atoms with E-state index in [1.54, 1.807) is 30.3 Å². The first kappa shape index (κ1) is 13.4. The first-order valence-electron chi connectivity index (χ1n) is 6.12. The molecule has 4 nitrogen and oxygen atoms in total. The Morgan fingerprint density at radius 2 is 1.67 bits per heavy atom. The molecular weight excluding hydrogens is 292 g/mol. The van der Waals surface area contributed by atoms with Crippen LogP contribution in [0.1, 0.15) is 10.4 Å². The Morgan fingerprint density at radius 1 is 1.00 bits per heavy atom. The Hall–Kier alpha value is -2.59. The van der Waals surface area contributed by atoms with Gasteiger partial charge in [0.25, 0.3) is 0 Å². The first-order chi connectivity index (χ1) is 10.0. The highest BCUT2D eigenvalue weighted by Gasteiger charge is 2.12. The summed E-state index contributed by atoms with van der Waals surface area (Å²) < 4.78 is 5.01. The van der Waals surface area contributed by atoms with Crippen LogP contribution in [0, 0.1) is 0 Å². The van der Waals surface area contributed by atoms with Crippen molar-refractivity contribution >= 4 is 28.5 Å². The zero-order valence-electron chi connectivity index (χ0n) is 10.7. The predicted molar refractivity (Wildman–Crippen MR) is 79.9 cm³/mol. The first-order valence-corrected chi connectivity index (χ1v) is 6.49. The number of carboxylic acids is 1. The second-order valence-corrected chi connectivity index (χ2v) is 4.95. The van der Waals surface area contributed by atoms with Crippen LogP contribution in [0.5, 0.6) is 0 Å². The summed E-state index contributed by atoms with van der Waals surface area (Å²) in [5.74, 6) is -1.30. The van der Waals surface area contributed by atoms with Crippen LogP contribution < -0.4 is 5.63 Å². The van der Waals surface area contributed by atoms with Crippen molar-refractivity contribution in [1.29, 1.82) is 0 Å². The summed E-state index contributed by atoms with van der Waals surface area (Å²) in [7, 11) is 0. The molecule has 3 rings (SSSR count). The van der Waals surface area contributed by atoms with Gasteiger partial charge in [-0.25, -0.2) is 9.59 Å². The number of halogens is 1. The van der Waals surface area contributed by atoms with Crippen LogP contribution in [0.3, 0.4) is 0 Å². The molecular formula is C16H9ClO4. The molecule has 0 spiro atoms. The Bertz CT molecular complexity index is 894. The lowest BCUT2D eigenvalue weighted by molar-refractivity contribution is 0.0692. The summed E-state index contributed by atoms with van der Waals surface area (Å²) in [5, 5.41) is 10.2. The number of fused-ring (bicyclic) bond motifs is 1. The van der Waals surface area contributed by atoms with E-state index in [0.717, 1.165) is 11.1 Å². The van der Waals surface area contributed by atoms with Gasteiger partial charge in [0.05, 0.1) is 0 Å². The molecule has 104 valence electrons. The molecule has 0 unspecified atom stereocenters. The van der Waals surface area contributed by atoms with Crippen LogP contribution in [0.25, 0.3) is 22.1 Å². The van der Waals surface area contributed by atoms with E-state index in [1.807, 2.05) is 12.1 Å². The van der Waals surface area contributed by atoms with Gasteiger partial charge in [-0.1, -0.05) is 29.8 Å². The topological polar surface area (TPSA) is 67.5 Å². The quantitative estimate of drug-likeness (QED) is 0.731. The van der Waals surface area contributed by atoms with Crippen LogP contribution in [0.2, 0.25) is 5.02 Å². The zero-order valence-corrected chi connectivity index (χ0v) is 11.4. The number of rotatable bonds is 2. The van der Waals surface area contributed by atoms with Crippen molar-refractivity contribution in [3.63, 3.8) is 0 Å². The summed E-state index contributed by atoms with van der Waals surface area (Å²) in [6, 6.07) is 13.8. The van der Waals surface area contributed by atoms with Gasteiger partial charge in [-0.2, -0.15) is 0 Å². The fraction of sp³-hybridized carbons (Fsp3) is 0. The van der Waals surface area contributed by atoms with Crippen LogP contribution in [0.4, 0.5) is 0 Å². The molecule has 1 N–H and O–H groups in total. The summed E-state index contributed by atoms with van der Waals surface area (Å²) in [4.78, 5) is 22.5. The second kappa shape index (κ2) is 5.07. The number of aromatic carboxylic acids is 1. The molecule has 2 aromatic carbocycles. The molecule has 1 heterocycles. The van der Waals surface area contributed by atoms with Crippen LogP contribution in [-0.2, 0) is 0 Å². The Morgan fingerprint density at radius 3 is 2.33 bits per heavy atom. The van der Waals surface area contributed by atoms with Crippen LogP contribution in [0.15, 0.2) is 57.7 Å². The largest absolute Gasteiger partial charge is 0.477 e. The van der Waals surface area contributed by atoms with Gasteiger partial charge in [-0.3, -0.25) is 0 Å². The maximum Gasteiger partial charge on any atom is 0.351 e. The lowest BCUT2D eigenvalue weighted by Gasteiger charge is -2.04. The van der Waals surface area contributed by atoms with Crippen molar-refractivity contribution in [3.8, 4) is 11.1 Å². The number of benzene rings is 2. The SMILES string of the molecule is O=C(O)c1cc2cc(-c3ccc(Cl)cc3)ccc2oc1=O.